The first kappa shape index (κ1) is 55.9. The van der Waals surface area contributed by atoms with Gasteiger partial charge in [0.25, 0.3) is 20.0 Å². The average Bonchev–Trinajstić information content (AvgIpc) is 3.94. The zero-order chi connectivity index (χ0) is 53.4. The Morgan fingerprint density at radius 3 is 2.01 bits per heavy atom. The number of anilines is 1. The van der Waals surface area contributed by atoms with Crippen LogP contribution in [0.4, 0.5) is 5.95 Å². The molecule has 1 aliphatic heterocycles. The van der Waals surface area contributed by atoms with Gasteiger partial charge in [-0.25, -0.2) is 9.65 Å². The van der Waals surface area contributed by atoms with Crippen LogP contribution in [0.2, 0.25) is 18.1 Å². The van der Waals surface area contributed by atoms with Gasteiger partial charge in [-0.3, -0.25) is 24.5 Å². The van der Waals surface area contributed by atoms with E-state index in [1.54, 1.807) is 11.7 Å². The summed E-state index contributed by atoms with van der Waals surface area (Å²) < 4.78 is 51.6. The maximum atomic E-state index is 13.9. The molecule has 2 aromatic heterocycles. The van der Waals surface area contributed by atoms with Gasteiger partial charge in [-0.15, -0.1) is 0 Å². The Labute approximate surface area is 437 Å². The fraction of sp³-hybridized carbons (Fsp3) is 0.446. The van der Waals surface area contributed by atoms with Crippen molar-refractivity contribution in [3.05, 3.63) is 148 Å². The molecule has 4 aromatic carbocycles. The number of ether oxygens (including phenoxy) is 4. The predicted molar refractivity (Wildman–Crippen MR) is 291 cm³/mol. The van der Waals surface area contributed by atoms with Crippen molar-refractivity contribution in [1.29, 1.82) is 5.26 Å². The number of imidazole rings is 1. The largest absolute Gasteiger partial charge is 0.497 e. The van der Waals surface area contributed by atoms with E-state index < -0.39 is 58.5 Å². The molecular weight excluding hydrogens is 974 g/mol. The van der Waals surface area contributed by atoms with Crippen molar-refractivity contribution >= 4 is 39.9 Å². The van der Waals surface area contributed by atoms with Crippen LogP contribution in [0.25, 0.3) is 11.2 Å². The SMILES string of the molecule is COc1ccc(C(O[C@H]2[C@@H](O[Si](C)(C)C(C)(C)C)[C@H](n3cnc4c(=O)[nH]c(NC(=O)COc5ccc(C(C)C)cc5)nc43)O[C@@H]2COP(OCCC#N)N(C(C)C)C(C)C)(c2ccccc2)c2ccccc2)cc1. The van der Waals surface area contributed by atoms with E-state index in [1.165, 1.54) is 6.33 Å². The topological polar surface area (TPSA) is 184 Å². The van der Waals surface area contributed by atoms with Crippen LogP contribution >= 0.6 is 8.53 Å². The predicted octanol–water partition coefficient (Wildman–Crippen LogP) is 11.2. The van der Waals surface area contributed by atoms with Gasteiger partial charge in [-0.05, 0) is 98.3 Å². The van der Waals surface area contributed by atoms with Crippen molar-refractivity contribution in [3.8, 4) is 17.6 Å². The third-order valence-electron chi connectivity index (χ3n) is 13.6. The van der Waals surface area contributed by atoms with Gasteiger partial charge in [-0.1, -0.05) is 120 Å². The Bertz CT molecular complexity index is 2820. The van der Waals surface area contributed by atoms with Crippen LogP contribution in [-0.4, -0.2) is 95.7 Å². The van der Waals surface area contributed by atoms with Gasteiger partial charge < -0.3 is 32.4 Å². The summed E-state index contributed by atoms with van der Waals surface area (Å²) in [5.74, 6) is 0.913. The molecule has 3 heterocycles. The monoisotopic (exact) mass is 1050 g/mol. The summed E-state index contributed by atoms with van der Waals surface area (Å²) >= 11 is 0. The number of aromatic nitrogens is 4. The summed E-state index contributed by atoms with van der Waals surface area (Å²) in [5.41, 5.74) is 1.96. The third-order valence-corrected chi connectivity index (χ3v) is 20.1. The molecule has 7 rings (SSSR count). The second-order valence-electron chi connectivity index (χ2n) is 20.8. The summed E-state index contributed by atoms with van der Waals surface area (Å²) in [5, 5.41) is 12.0. The minimum atomic E-state index is -2.76. The minimum absolute atomic E-state index is 0.0245. The molecule has 6 aromatic rings. The van der Waals surface area contributed by atoms with Gasteiger partial charge in [0.1, 0.15) is 35.4 Å². The molecule has 394 valence electrons. The van der Waals surface area contributed by atoms with Crippen LogP contribution in [0.5, 0.6) is 11.5 Å². The number of methoxy groups -OCH3 is 1. The molecule has 0 bridgehead atoms. The minimum Gasteiger partial charge on any atom is -0.497 e. The summed E-state index contributed by atoms with van der Waals surface area (Å²) in [6, 6.07) is 37.8. The lowest BCUT2D eigenvalue weighted by molar-refractivity contribution is -0.118. The van der Waals surface area contributed by atoms with E-state index in [0.717, 1.165) is 22.3 Å². The smallest absolute Gasteiger partial charge is 0.280 e. The molecule has 74 heavy (non-hydrogen) atoms. The Kier molecular flexibility index (Phi) is 18.3. The summed E-state index contributed by atoms with van der Waals surface area (Å²) in [4.78, 5) is 39.4. The lowest BCUT2D eigenvalue weighted by Gasteiger charge is -2.44. The number of fused-ring (bicyclic) bond motifs is 1. The number of aromatic amines is 1. The van der Waals surface area contributed by atoms with E-state index in [0.29, 0.717) is 17.4 Å². The Morgan fingerprint density at radius 2 is 1.46 bits per heavy atom. The Balaban J connectivity index is 1.38. The van der Waals surface area contributed by atoms with Crippen LogP contribution in [0.1, 0.15) is 103 Å². The van der Waals surface area contributed by atoms with E-state index in [1.807, 2.05) is 109 Å². The molecule has 1 aliphatic rings. The fourth-order valence-electron chi connectivity index (χ4n) is 8.82. The number of carbonyl (C=O) groups excluding carboxylic acids is 1. The van der Waals surface area contributed by atoms with Gasteiger partial charge in [0, 0.05) is 12.1 Å². The molecule has 0 spiro atoms. The van der Waals surface area contributed by atoms with Gasteiger partial charge >= 0.3 is 0 Å². The molecule has 1 fully saturated rings. The highest BCUT2D eigenvalue weighted by Crippen LogP contribution is 2.51. The molecule has 1 amide bonds. The zero-order valence-electron chi connectivity index (χ0n) is 44.7. The van der Waals surface area contributed by atoms with Crippen molar-refractivity contribution in [3.63, 3.8) is 0 Å². The number of benzene rings is 4. The van der Waals surface area contributed by atoms with Gasteiger partial charge in [0.15, 0.2) is 32.3 Å². The molecule has 0 radical (unpaired) electrons. The van der Waals surface area contributed by atoms with Crippen LogP contribution < -0.4 is 20.3 Å². The second-order valence-corrected chi connectivity index (χ2v) is 27.0. The number of H-pyrrole nitrogens is 1. The molecule has 16 nitrogen and oxygen atoms in total. The summed E-state index contributed by atoms with van der Waals surface area (Å²) in [7, 11) is -2.86. The highest BCUT2D eigenvalue weighted by Gasteiger charge is 2.56. The number of hydrogen-bond acceptors (Lipinski definition) is 13. The molecular formula is C56H72N7O9PSi. The number of nitriles is 1. The molecule has 0 aliphatic carbocycles. The maximum absolute atomic E-state index is 13.9. The first-order valence-corrected chi connectivity index (χ1v) is 29.3. The Hall–Kier alpha value is -5.80. The van der Waals surface area contributed by atoms with E-state index in [4.69, 9.17) is 37.4 Å². The number of amides is 1. The van der Waals surface area contributed by atoms with Gasteiger partial charge in [0.05, 0.1) is 39.1 Å². The van der Waals surface area contributed by atoms with Crippen molar-refractivity contribution in [1.82, 2.24) is 24.2 Å². The van der Waals surface area contributed by atoms with E-state index in [2.05, 4.69) is 101 Å². The first-order valence-electron chi connectivity index (χ1n) is 25.2. The first-order chi connectivity index (χ1) is 35.3. The molecule has 5 atom stereocenters. The number of nitrogens with one attached hydrogen (secondary N) is 2. The number of rotatable bonds is 23. The maximum Gasteiger partial charge on any atom is 0.280 e. The molecule has 1 unspecified atom stereocenters. The van der Waals surface area contributed by atoms with Crippen molar-refractivity contribution in [2.75, 3.05) is 32.2 Å². The average molecular weight is 1050 g/mol. The van der Waals surface area contributed by atoms with Crippen LogP contribution in [0, 0.1) is 11.3 Å². The second kappa shape index (κ2) is 24.2. The third kappa shape index (κ3) is 12.6. The van der Waals surface area contributed by atoms with Gasteiger partial charge in [-0.2, -0.15) is 10.2 Å². The zero-order valence-corrected chi connectivity index (χ0v) is 46.6. The number of carbonyl (C=O) groups is 1. The molecule has 0 saturated carbocycles. The standard InChI is InChI=1S/C56H72N7O9PSi/c1-37(2)40-24-28-45(29-25-40)67-35-47(64)59-54-60-51-48(52(65)61-54)58-36-62(51)53-50(72-74(11,12)55(7,8)9)49(46(70-53)34-69-73(68-33-19-32-57)63(38(3)4)39(5)6)71-56(41-20-15-13-16-21-41,42-22-17-14-18-23-42)43-26-30-44(66-10)31-27-43/h13-18,20-31,36-39,46,49-50,53H,19,33-35H2,1-12H3,(H2,59,60,61,64,65)/t46-,49-,50-,53-,73?/m1/s1. The van der Waals surface area contributed by atoms with E-state index in [9.17, 15) is 14.9 Å². The van der Waals surface area contributed by atoms with Crippen LogP contribution in [-0.2, 0) is 33.3 Å². The molecule has 1 saturated heterocycles. The van der Waals surface area contributed by atoms with Crippen LogP contribution in [0.3, 0.4) is 0 Å². The molecule has 18 heteroatoms. The van der Waals surface area contributed by atoms with Crippen molar-refractivity contribution in [2.45, 2.75) is 135 Å². The van der Waals surface area contributed by atoms with E-state index >= 15 is 0 Å². The normalized spacial score (nSPS) is 17.8. The number of nitrogens with zero attached hydrogens (tertiary/aromatic N) is 5. The lowest BCUT2D eigenvalue weighted by Crippen LogP contribution is -2.52. The fourth-order valence-corrected chi connectivity index (χ4v) is 11.7. The molecule has 2 N–H and O–H groups in total. The highest BCUT2D eigenvalue weighted by atomic mass is 31.2. The van der Waals surface area contributed by atoms with E-state index in [-0.39, 0.29) is 60.5 Å². The lowest BCUT2D eigenvalue weighted by atomic mass is 9.79. The van der Waals surface area contributed by atoms with Crippen molar-refractivity contribution < 1.29 is 37.2 Å². The number of hydrogen-bond donors (Lipinski definition) is 2. The van der Waals surface area contributed by atoms with Gasteiger partial charge in [0.2, 0.25) is 5.95 Å². The summed E-state index contributed by atoms with van der Waals surface area (Å²) in [6.07, 6.45) is -1.99. The quantitative estimate of drug-likeness (QED) is 0.0268. The Morgan fingerprint density at radius 1 is 0.865 bits per heavy atom. The summed E-state index contributed by atoms with van der Waals surface area (Å²) in [6.45, 7) is 23.2. The highest BCUT2D eigenvalue weighted by molar-refractivity contribution is 7.44. The van der Waals surface area contributed by atoms with Crippen molar-refractivity contribution in [2.24, 2.45) is 0 Å². The van der Waals surface area contributed by atoms with Crippen LogP contribution in [0.15, 0.2) is 120 Å².